The third-order valence-electron chi connectivity index (χ3n) is 7.85. The fourth-order valence-electron chi connectivity index (χ4n) is 5.43. The Morgan fingerprint density at radius 2 is 1.71 bits per heavy atom. The van der Waals surface area contributed by atoms with Crippen molar-refractivity contribution in [3.05, 3.63) is 119 Å². The minimum absolute atomic E-state index is 0.00823. The molecule has 0 spiro atoms. The van der Waals surface area contributed by atoms with Gasteiger partial charge < -0.3 is 30.0 Å². The van der Waals surface area contributed by atoms with Gasteiger partial charge in [0.25, 0.3) is 0 Å². The first-order valence-corrected chi connectivity index (χ1v) is 17.6. The van der Waals surface area contributed by atoms with Gasteiger partial charge in [-0.25, -0.2) is 9.78 Å². The highest BCUT2D eigenvalue weighted by molar-refractivity contribution is 8.01. The van der Waals surface area contributed by atoms with Crippen molar-refractivity contribution in [1.82, 2.24) is 15.6 Å². The topological polar surface area (TPSA) is 119 Å². The van der Waals surface area contributed by atoms with Crippen molar-refractivity contribution in [2.24, 2.45) is 0 Å². The number of ether oxygens (including phenoxy) is 3. The second-order valence-electron chi connectivity index (χ2n) is 11.3. The number of aromatic nitrogens is 1. The van der Waals surface area contributed by atoms with Gasteiger partial charge in [0.05, 0.1) is 35.6 Å². The summed E-state index contributed by atoms with van der Waals surface area (Å²) in [7, 11) is 0. The van der Waals surface area contributed by atoms with Crippen molar-refractivity contribution in [1.29, 1.82) is 0 Å². The number of nitrogens with zero attached hydrogens (tertiary/aromatic N) is 1. The standard InChI is InChI=1S/C37H37N3O6S2/c1-2-44-34(42)21-39-36(43)38-20-25-7-5-8-27(17-25)28-9-6-10-29(18-28)35-45-30(19-32(46-35)26-15-13-24(22-41)14-16-26)23-47-37-40-31-11-3-4-12-33(31)48-37/h3-18,30,32,35,41H,2,19-23H2,1H3,(H2,38,39,43). The van der Waals surface area contributed by atoms with Crippen LogP contribution >= 0.6 is 23.1 Å². The number of urea groups is 1. The Hall–Kier alpha value is -4.26. The number of aliphatic hydroxyl groups is 1. The lowest BCUT2D eigenvalue weighted by atomic mass is 9.99. The maximum absolute atomic E-state index is 12.2. The SMILES string of the molecule is CCOC(=O)CNC(=O)NCc1cccc(-c2cccc(C3OC(CSc4nc5ccccc5s4)CC(c4ccc(CO)cc4)O3)c2)c1. The zero-order chi connectivity index (χ0) is 33.3. The highest BCUT2D eigenvalue weighted by atomic mass is 32.2. The van der Waals surface area contributed by atoms with E-state index in [4.69, 9.17) is 19.2 Å². The molecule has 1 aliphatic rings. The predicted molar refractivity (Wildman–Crippen MR) is 188 cm³/mol. The van der Waals surface area contributed by atoms with Crippen LogP contribution in [0.15, 0.2) is 101 Å². The molecule has 248 valence electrons. The lowest BCUT2D eigenvalue weighted by Gasteiger charge is -2.36. The molecule has 11 heteroatoms. The number of amides is 2. The van der Waals surface area contributed by atoms with Gasteiger partial charge in [0.1, 0.15) is 6.54 Å². The Balaban J connectivity index is 1.16. The number of rotatable bonds is 12. The molecule has 48 heavy (non-hydrogen) atoms. The molecule has 0 saturated carbocycles. The molecule has 1 aliphatic heterocycles. The largest absolute Gasteiger partial charge is 0.465 e. The number of para-hydroxylation sites is 1. The normalized spacial score (nSPS) is 17.6. The molecule has 6 rings (SSSR count). The van der Waals surface area contributed by atoms with Crippen LogP contribution in [0.2, 0.25) is 0 Å². The molecule has 0 bridgehead atoms. The van der Waals surface area contributed by atoms with Gasteiger partial charge in [0, 0.05) is 24.3 Å². The molecule has 1 saturated heterocycles. The van der Waals surface area contributed by atoms with Gasteiger partial charge >= 0.3 is 12.0 Å². The van der Waals surface area contributed by atoms with Crippen molar-refractivity contribution >= 4 is 45.3 Å². The number of benzene rings is 4. The summed E-state index contributed by atoms with van der Waals surface area (Å²) in [5, 5.41) is 14.8. The Morgan fingerprint density at radius 3 is 2.50 bits per heavy atom. The number of hydrogen-bond acceptors (Lipinski definition) is 9. The van der Waals surface area contributed by atoms with E-state index in [9.17, 15) is 14.7 Å². The fraction of sp³-hybridized carbons (Fsp3) is 0.270. The molecule has 3 atom stereocenters. The Bertz CT molecular complexity index is 1810. The number of thioether (sulfide) groups is 1. The highest BCUT2D eigenvalue weighted by Gasteiger charge is 2.32. The Labute approximate surface area is 287 Å². The van der Waals surface area contributed by atoms with Crippen LogP contribution in [0.1, 0.15) is 48.0 Å². The zero-order valence-corrected chi connectivity index (χ0v) is 28.1. The molecule has 1 aromatic heterocycles. The van der Waals surface area contributed by atoms with Crippen LogP contribution in [-0.4, -0.2) is 47.1 Å². The summed E-state index contributed by atoms with van der Waals surface area (Å²) < 4.78 is 20.2. The second kappa shape index (κ2) is 16.2. The van der Waals surface area contributed by atoms with Gasteiger partial charge in [-0.1, -0.05) is 84.6 Å². The van der Waals surface area contributed by atoms with Crippen molar-refractivity contribution in [2.75, 3.05) is 18.9 Å². The molecule has 5 aromatic rings. The summed E-state index contributed by atoms with van der Waals surface area (Å²) in [6.07, 6.45) is -0.174. The molecule has 4 aromatic carbocycles. The maximum atomic E-state index is 12.2. The summed E-state index contributed by atoms with van der Waals surface area (Å²) in [4.78, 5) is 28.5. The van der Waals surface area contributed by atoms with Crippen molar-refractivity contribution in [3.63, 3.8) is 0 Å². The minimum Gasteiger partial charge on any atom is -0.465 e. The first-order chi connectivity index (χ1) is 23.5. The Morgan fingerprint density at radius 1 is 0.917 bits per heavy atom. The number of thiazole rings is 1. The molecular weight excluding hydrogens is 647 g/mol. The van der Waals surface area contributed by atoms with Crippen LogP contribution in [0.5, 0.6) is 0 Å². The van der Waals surface area contributed by atoms with Gasteiger partial charge in [-0.15, -0.1) is 11.3 Å². The number of fused-ring (bicyclic) bond motifs is 1. The molecule has 2 heterocycles. The molecule has 3 N–H and O–H groups in total. The minimum atomic E-state index is -0.588. The summed E-state index contributed by atoms with van der Waals surface area (Å²) >= 11 is 3.40. The fourth-order valence-corrected chi connectivity index (χ4v) is 7.55. The second-order valence-corrected chi connectivity index (χ2v) is 13.6. The Kier molecular flexibility index (Phi) is 11.4. The van der Waals surface area contributed by atoms with Crippen molar-refractivity contribution < 1.29 is 28.9 Å². The average Bonchev–Trinajstić information content (AvgIpc) is 3.56. The van der Waals surface area contributed by atoms with E-state index in [0.717, 1.165) is 49.0 Å². The van der Waals surface area contributed by atoms with Crippen LogP contribution in [0.25, 0.3) is 21.3 Å². The smallest absolute Gasteiger partial charge is 0.325 e. The quantitative estimate of drug-likeness (QED) is 0.0937. The van der Waals surface area contributed by atoms with E-state index in [1.165, 1.54) is 4.70 Å². The third kappa shape index (κ3) is 8.80. The van der Waals surface area contributed by atoms with Crippen molar-refractivity contribution in [2.45, 2.75) is 49.3 Å². The van der Waals surface area contributed by atoms with Gasteiger partial charge in [-0.05, 0) is 59.0 Å². The van der Waals surface area contributed by atoms with Crippen LogP contribution in [0.3, 0.4) is 0 Å². The molecule has 3 unspecified atom stereocenters. The van der Waals surface area contributed by atoms with E-state index in [0.29, 0.717) is 13.0 Å². The van der Waals surface area contributed by atoms with Gasteiger partial charge in [0.15, 0.2) is 10.6 Å². The number of carbonyl (C=O) groups is 2. The molecule has 9 nitrogen and oxygen atoms in total. The first kappa shape index (κ1) is 33.6. The number of nitrogens with one attached hydrogen (secondary N) is 2. The molecular formula is C37H37N3O6S2. The predicted octanol–water partition coefficient (Wildman–Crippen LogP) is 7.16. The molecule has 1 fully saturated rings. The number of aliphatic hydroxyl groups excluding tert-OH is 1. The van der Waals surface area contributed by atoms with E-state index in [1.807, 2.05) is 84.9 Å². The van der Waals surface area contributed by atoms with Gasteiger partial charge in [-0.2, -0.15) is 0 Å². The van der Waals surface area contributed by atoms with Crippen molar-refractivity contribution in [3.8, 4) is 11.1 Å². The number of hydrogen-bond donors (Lipinski definition) is 3. The van der Waals surface area contributed by atoms with E-state index >= 15 is 0 Å². The number of esters is 1. The van der Waals surface area contributed by atoms with Gasteiger partial charge in [-0.3, -0.25) is 4.79 Å². The van der Waals surface area contributed by atoms with E-state index < -0.39 is 18.3 Å². The summed E-state index contributed by atoms with van der Waals surface area (Å²) in [6, 6.07) is 31.7. The maximum Gasteiger partial charge on any atom is 0.325 e. The van der Waals surface area contributed by atoms with Crippen LogP contribution in [0.4, 0.5) is 4.79 Å². The lowest BCUT2D eigenvalue weighted by molar-refractivity contribution is -0.245. The van der Waals surface area contributed by atoms with E-state index in [1.54, 1.807) is 30.0 Å². The summed E-state index contributed by atoms with van der Waals surface area (Å²) in [5.41, 5.74) is 6.69. The highest BCUT2D eigenvalue weighted by Crippen LogP contribution is 2.41. The van der Waals surface area contributed by atoms with Gasteiger partial charge in [0.2, 0.25) is 0 Å². The summed E-state index contributed by atoms with van der Waals surface area (Å²) in [6.45, 7) is 2.08. The zero-order valence-electron chi connectivity index (χ0n) is 26.5. The van der Waals surface area contributed by atoms with Crippen LogP contribution in [-0.2, 0) is 32.2 Å². The summed E-state index contributed by atoms with van der Waals surface area (Å²) in [5.74, 6) is 0.247. The average molecular weight is 684 g/mol. The first-order valence-electron chi connectivity index (χ1n) is 15.8. The lowest BCUT2D eigenvalue weighted by Crippen LogP contribution is -2.38. The third-order valence-corrected chi connectivity index (χ3v) is 10.2. The van der Waals surface area contributed by atoms with E-state index in [-0.39, 0.29) is 32.0 Å². The molecule has 0 aliphatic carbocycles. The van der Waals surface area contributed by atoms with E-state index in [2.05, 4.69) is 22.8 Å². The van der Waals surface area contributed by atoms with Crippen LogP contribution in [0, 0.1) is 0 Å². The number of carbonyl (C=O) groups excluding carboxylic acids is 2. The monoisotopic (exact) mass is 683 g/mol. The van der Waals surface area contributed by atoms with Crippen LogP contribution < -0.4 is 10.6 Å². The molecule has 2 amide bonds. The molecule has 0 radical (unpaired) electrons.